The molecule has 31 heavy (non-hydrogen) atoms. The highest BCUT2D eigenvalue weighted by atomic mass is 35.5. The van der Waals surface area contributed by atoms with Gasteiger partial charge in [0.05, 0.1) is 0 Å². The molecule has 1 unspecified atom stereocenters. The van der Waals surface area contributed by atoms with Crippen molar-refractivity contribution in [1.82, 2.24) is 10.2 Å². The number of hydrogen-bond donors (Lipinski definition) is 1. The molecular formula is C25H33ClN2O2S. The summed E-state index contributed by atoms with van der Waals surface area (Å²) in [5, 5.41) is 3.73. The lowest BCUT2D eigenvalue weighted by atomic mass is 10.0. The summed E-state index contributed by atoms with van der Waals surface area (Å²) < 4.78 is 0. The molecule has 2 rings (SSSR count). The van der Waals surface area contributed by atoms with Gasteiger partial charge in [-0.2, -0.15) is 0 Å². The molecule has 0 saturated heterocycles. The Morgan fingerprint density at radius 2 is 1.68 bits per heavy atom. The first-order valence-corrected chi connectivity index (χ1v) is 12.0. The Morgan fingerprint density at radius 3 is 2.23 bits per heavy atom. The molecule has 0 fully saturated rings. The van der Waals surface area contributed by atoms with Gasteiger partial charge in [-0.25, -0.2) is 0 Å². The van der Waals surface area contributed by atoms with Gasteiger partial charge < -0.3 is 10.2 Å². The van der Waals surface area contributed by atoms with Gasteiger partial charge in [0.1, 0.15) is 6.04 Å². The van der Waals surface area contributed by atoms with E-state index in [9.17, 15) is 9.59 Å². The number of amides is 2. The average Bonchev–Trinajstić information content (AvgIpc) is 2.69. The minimum atomic E-state index is -0.506. The van der Waals surface area contributed by atoms with Crippen molar-refractivity contribution >= 4 is 35.2 Å². The molecule has 2 aromatic carbocycles. The van der Waals surface area contributed by atoms with E-state index in [1.165, 1.54) is 5.56 Å². The van der Waals surface area contributed by atoms with Gasteiger partial charge in [-0.05, 0) is 63.9 Å². The summed E-state index contributed by atoms with van der Waals surface area (Å²) in [7, 11) is 0. The number of halogens is 1. The minimum Gasteiger partial charge on any atom is -0.350 e. The molecule has 168 valence electrons. The summed E-state index contributed by atoms with van der Waals surface area (Å²) in [5.74, 6) is 0.515. The van der Waals surface area contributed by atoms with Gasteiger partial charge in [0.15, 0.2) is 0 Å². The van der Waals surface area contributed by atoms with Crippen LogP contribution in [0.5, 0.6) is 0 Å². The van der Waals surface area contributed by atoms with Crippen molar-refractivity contribution in [1.29, 1.82) is 0 Å². The lowest BCUT2D eigenvalue weighted by molar-refractivity contribution is -0.141. The van der Waals surface area contributed by atoms with E-state index in [2.05, 4.69) is 5.32 Å². The fraction of sp³-hybridized carbons (Fsp3) is 0.440. The zero-order valence-electron chi connectivity index (χ0n) is 19.1. The van der Waals surface area contributed by atoms with Gasteiger partial charge in [-0.3, -0.25) is 9.59 Å². The maximum atomic E-state index is 13.2. The molecule has 6 heteroatoms. The second-order valence-electron chi connectivity index (χ2n) is 8.72. The van der Waals surface area contributed by atoms with Crippen molar-refractivity contribution in [3.63, 3.8) is 0 Å². The maximum absolute atomic E-state index is 13.2. The van der Waals surface area contributed by atoms with Crippen LogP contribution in [0.3, 0.4) is 0 Å². The Labute approximate surface area is 195 Å². The van der Waals surface area contributed by atoms with Crippen LogP contribution < -0.4 is 5.32 Å². The fourth-order valence-electron chi connectivity index (χ4n) is 3.19. The highest BCUT2D eigenvalue weighted by Gasteiger charge is 2.30. The van der Waals surface area contributed by atoms with Gasteiger partial charge in [-0.1, -0.05) is 48.4 Å². The Kier molecular flexibility index (Phi) is 9.45. The lowest BCUT2D eigenvalue weighted by Crippen LogP contribution is -2.53. The summed E-state index contributed by atoms with van der Waals surface area (Å²) in [5.41, 5.74) is 1.83. The Morgan fingerprint density at radius 1 is 1.06 bits per heavy atom. The molecule has 1 N–H and O–H groups in total. The zero-order chi connectivity index (χ0) is 23.0. The predicted octanol–water partition coefficient (Wildman–Crippen LogP) is 5.85. The number of nitrogens with one attached hydrogen (secondary N) is 1. The summed E-state index contributed by atoms with van der Waals surface area (Å²) in [6, 6.07) is 15.2. The van der Waals surface area contributed by atoms with Crippen LogP contribution in [-0.2, 0) is 16.1 Å². The van der Waals surface area contributed by atoms with E-state index in [0.717, 1.165) is 10.5 Å². The largest absolute Gasteiger partial charge is 0.350 e. The first-order valence-electron chi connectivity index (χ1n) is 10.6. The fourth-order valence-corrected chi connectivity index (χ4v) is 4.16. The molecule has 0 spiro atoms. The molecule has 2 amide bonds. The number of hydrogen-bond acceptors (Lipinski definition) is 3. The van der Waals surface area contributed by atoms with Crippen LogP contribution in [0.15, 0.2) is 53.4 Å². The summed E-state index contributed by atoms with van der Waals surface area (Å²) in [6.07, 6.45) is 0.919. The van der Waals surface area contributed by atoms with Crippen LogP contribution >= 0.6 is 23.4 Å². The number of benzene rings is 2. The van der Waals surface area contributed by atoms with Crippen molar-refractivity contribution < 1.29 is 9.59 Å². The average molecular weight is 461 g/mol. The maximum Gasteiger partial charge on any atom is 0.243 e. The first-order chi connectivity index (χ1) is 14.6. The van der Waals surface area contributed by atoms with E-state index in [1.54, 1.807) is 16.7 Å². The molecule has 0 aromatic heterocycles. The second kappa shape index (κ2) is 11.6. The second-order valence-corrected chi connectivity index (χ2v) is 10.3. The highest BCUT2D eigenvalue weighted by Crippen LogP contribution is 2.22. The topological polar surface area (TPSA) is 49.4 Å². The summed E-state index contributed by atoms with van der Waals surface area (Å²) in [6.45, 7) is 10.3. The smallest absolute Gasteiger partial charge is 0.243 e. The Bertz CT molecular complexity index is 861. The van der Waals surface area contributed by atoms with Gasteiger partial charge in [0, 0.05) is 34.2 Å². The Balaban J connectivity index is 2.14. The number of rotatable bonds is 9. The highest BCUT2D eigenvalue weighted by molar-refractivity contribution is 7.99. The van der Waals surface area contributed by atoms with Crippen molar-refractivity contribution in [3.8, 4) is 0 Å². The predicted molar refractivity (Wildman–Crippen MR) is 130 cm³/mol. The number of carbonyl (C=O) groups is 2. The zero-order valence-corrected chi connectivity index (χ0v) is 20.6. The monoisotopic (exact) mass is 460 g/mol. The van der Waals surface area contributed by atoms with Crippen LogP contribution in [0.1, 0.15) is 51.7 Å². The van der Waals surface area contributed by atoms with E-state index in [0.29, 0.717) is 30.2 Å². The molecule has 0 saturated carbocycles. The van der Waals surface area contributed by atoms with Crippen molar-refractivity contribution in [2.75, 3.05) is 5.75 Å². The van der Waals surface area contributed by atoms with E-state index >= 15 is 0 Å². The molecule has 0 radical (unpaired) electrons. The molecule has 4 nitrogen and oxygen atoms in total. The minimum absolute atomic E-state index is 0.0158. The van der Waals surface area contributed by atoms with E-state index < -0.39 is 6.04 Å². The van der Waals surface area contributed by atoms with Gasteiger partial charge in [0.25, 0.3) is 0 Å². The van der Waals surface area contributed by atoms with Crippen LogP contribution in [0, 0.1) is 6.92 Å². The standard InChI is InChI=1S/C25H33ClN2O2S/c1-6-22(24(30)27-25(3,4)5)28(17-19-9-7-18(2)8-10-19)23(29)15-16-31-21-13-11-20(26)12-14-21/h7-14,22H,6,15-17H2,1-5H3,(H,27,30). The van der Waals surface area contributed by atoms with Crippen LogP contribution in [0.25, 0.3) is 0 Å². The van der Waals surface area contributed by atoms with E-state index in [-0.39, 0.29) is 17.4 Å². The number of thioether (sulfide) groups is 1. The molecule has 0 aliphatic heterocycles. The Hall–Kier alpha value is -1.98. The van der Waals surface area contributed by atoms with Crippen molar-refractivity contribution in [2.45, 2.75) is 70.5 Å². The van der Waals surface area contributed by atoms with E-state index in [4.69, 9.17) is 11.6 Å². The number of carbonyl (C=O) groups excluding carboxylic acids is 2. The molecule has 2 aromatic rings. The third kappa shape index (κ3) is 8.58. The SMILES string of the molecule is CCC(C(=O)NC(C)(C)C)N(Cc1ccc(C)cc1)C(=O)CCSc1ccc(Cl)cc1. The first kappa shape index (κ1) is 25.3. The summed E-state index contributed by atoms with van der Waals surface area (Å²) >= 11 is 7.56. The lowest BCUT2D eigenvalue weighted by Gasteiger charge is -2.33. The normalized spacial score (nSPS) is 12.3. The van der Waals surface area contributed by atoms with Crippen LogP contribution in [0.4, 0.5) is 0 Å². The third-order valence-corrected chi connectivity index (χ3v) is 6.02. The van der Waals surface area contributed by atoms with Crippen LogP contribution in [-0.4, -0.2) is 34.0 Å². The molecule has 1 atom stereocenters. The van der Waals surface area contributed by atoms with Crippen molar-refractivity contribution in [2.24, 2.45) is 0 Å². The van der Waals surface area contributed by atoms with Gasteiger partial charge in [0.2, 0.25) is 11.8 Å². The molecular weight excluding hydrogens is 428 g/mol. The molecule has 0 heterocycles. The quantitative estimate of drug-likeness (QED) is 0.477. The summed E-state index contributed by atoms with van der Waals surface area (Å²) in [4.78, 5) is 29.0. The molecule has 0 bridgehead atoms. The van der Waals surface area contributed by atoms with Crippen molar-refractivity contribution in [3.05, 3.63) is 64.7 Å². The van der Waals surface area contributed by atoms with Crippen LogP contribution in [0.2, 0.25) is 5.02 Å². The third-order valence-electron chi connectivity index (χ3n) is 4.76. The number of aryl methyl sites for hydroxylation is 1. The molecule has 0 aliphatic rings. The molecule has 0 aliphatic carbocycles. The van der Waals surface area contributed by atoms with E-state index in [1.807, 2.05) is 83.1 Å². The van der Waals surface area contributed by atoms with Gasteiger partial charge in [-0.15, -0.1) is 11.8 Å². The van der Waals surface area contributed by atoms with Gasteiger partial charge >= 0.3 is 0 Å². The number of nitrogens with zero attached hydrogens (tertiary/aromatic N) is 1.